The number of hydrogen-bond acceptors (Lipinski definition) is 4. The van der Waals surface area contributed by atoms with Crippen LogP contribution in [0.15, 0.2) is 24.4 Å². The summed E-state index contributed by atoms with van der Waals surface area (Å²) in [6.45, 7) is 2.84. The number of nitriles is 1. The number of fused-ring (bicyclic) bond motifs is 1. The van der Waals surface area contributed by atoms with Gasteiger partial charge in [-0.05, 0) is 29.7 Å². The van der Waals surface area contributed by atoms with Crippen molar-refractivity contribution in [1.82, 2.24) is 15.1 Å². The monoisotopic (exact) mass is 420 g/mol. The minimum atomic E-state index is -4.71. The van der Waals surface area contributed by atoms with Gasteiger partial charge in [-0.1, -0.05) is 12.1 Å². The number of rotatable bonds is 2. The first-order valence-corrected chi connectivity index (χ1v) is 9.66. The predicted octanol–water partition coefficient (Wildman–Crippen LogP) is 4.72. The number of benzene rings is 1. The molecule has 9 heteroatoms. The third kappa shape index (κ3) is 3.22. The molecule has 1 aliphatic heterocycles. The first-order valence-electron chi connectivity index (χ1n) is 8.85. The number of halogens is 4. The second-order valence-corrected chi connectivity index (χ2v) is 8.06. The maximum Gasteiger partial charge on any atom is 0.435 e. The zero-order valence-corrected chi connectivity index (χ0v) is 16.4. The van der Waals surface area contributed by atoms with Crippen LogP contribution >= 0.6 is 11.3 Å². The van der Waals surface area contributed by atoms with Gasteiger partial charge in [-0.15, -0.1) is 11.3 Å². The quantitative estimate of drug-likeness (QED) is 0.611. The Kier molecular flexibility index (Phi) is 4.71. The zero-order chi connectivity index (χ0) is 20.9. The SMILES string of the molecule is Cc1c(C#N)sc2c1C(c1cccc(F)c1-c1cn(C)nc1C(F)(F)F)CNC2. The average molecular weight is 420 g/mol. The Morgan fingerprint density at radius 3 is 2.79 bits per heavy atom. The van der Waals surface area contributed by atoms with E-state index in [1.165, 1.54) is 30.6 Å². The lowest BCUT2D eigenvalue weighted by molar-refractivity contribution is -0.141. The molecule has 29 heavy (non-hydrogen) atoms. The van der Waals surface area contributed by atoms with Crippen LogP contribution < -0.4 is 5.32 Å². The van der Waals surface area contributed by atoms with E-state index in [0.717, 1.165) is 26.8 Å². The molecule has 0 spiro atoms. The van der Waals surface area contributed by atoms with Gasteiger partial charge in [0.2, 0.25) is 0 Å². The van der Waals surface area contributed by atoms with Crippen LogP contribution in [0.3, 0.4) is 0 Å². The van der Waals surface area contributed by atoms with E-state index in [4.69, 9.17) is 0 Å². The molecule has 0 bridgehead atoms. The lowest BCUT2D eigenvalue weighted by atomic mass is 9.82. The molecule has 150 valence electrons. The number of nitrogens with zero attached hydrogens (tertiary/aromatic N) is 3. The number of alkyl halides is 3. The fourth-order valence-corrected chi connectivity index (χ4v) is 5.11. The van der Waals surface area contributed by atoms with Gasteiger partial charge in [0.1, 0.15) is 16.8 Å². The summed E-state index contributed by atoms with van der Waals surface area (Å²) in [5, 5.41) is 16.1. The Hall–Kier alpha value is -2.70. The number of hydrogen-bond donors (Lipinski definition) is 1. The second-order valence-electron chi connectivity index (χ2n) is 6.96. The lowest BCUT2D eigenvalue weighted by Crippen LogP contribution is -2.28. The van der Waals surface area contributed by atoms with E-state index in [1.807, 2.05) is 6.92 Å². The third-order valence-corrected chi connectivity index (χ3v) is 6.35. The molecule has 3 heterocycles. The standard InChI is InChI=1S/C20H16F4N4S/c1-10-15(6-25)29-16-8-26-7-12(17(10)16)11-4-3-5-14(21)18(11)13-9-28(2)27-19(13)20(22,23)24/h3-5,9,12,26H,7-8H2,1-2H3. The summed E-state index contributed by atoms with van der Waals surface area (Å²) in [4.78, 5) is 1.52. The molecular weight excluding hydrogens is 404 g/mol. The minimum absolute atomic E-state index is 0.100. The first-order chi connectivity index (χ1) is 13.7. The van der Waals surface area contributed by atoms with E-state index >= 15 is 0 Å². The molecule has 0 radical (unpaired) electrons. The van der Waals surface area contributed by atoms with Crippen LogP contribution in [0.25, 0.3) is 11.1 Å². The van der Waals surface area contributed by atoms with E-state index in [9.17, 15) is 22.8 Å². The van der Waals surface area contributed by atoms with Crippen LogP contribution in [-0.2, 0) is 19.8 Å². The van der Waals surface area contributed by atoms with E-state index in [1.54, 1.807) is 6.07 Å². The van der Waals surface area contributed by atoms with Gasteiger partial charge in [-0.25, -0.2) is 4.39 Å². The van der Waals surface area contributed by atoms with Crippen molar-refractivity contribution in [2.75, 3.05) is 6.54 Å². The van der Waals surface area contributed by atoms with Crippen molar-refractivity contribution >= 4 is 11.3 Å². The first kappa shape index (κ1) is 19.6. The minimum Gasteiger partial charge on any atom is -0.311 e. The normalized spacial score (nSPS) is 16.5. The molecule has 4 nitrogen and oxygen atoms in total. The van der Waals surface area contributed by atoms with Crippen LogP contribution in [0.1, 0.15) is 38.1 Å². The highest BCUT2D eigenvalue weighted by Gasteiger charge is 2.39. The van der Waals surface area contributed by atoms with Crippen LogP contribution in [0.5, 0.6) is 0 Å². The van der Waals surface area contributed by atoms with Gasteiger partial charge in [-0.2, -0.15) is 23.5 Å². The van der Waals surface area contributed by atoms with E-state index < -0.39 is 17.7 Å². The molecule has 1 atom stereocenters. The molecule has 1 N–H and O–H groups in total. The highest BCUT2D eigenvalue weighted by molar-refractivity contribution is 7.12. The molecule has 0 aliphatic carbocycles. The summed E-state index contributed by atoms with van der Waals surface area (Å²) < 4.78 is 56.7. The van der Waals surface area contributed by atoms with Gasteiger partial charge in [0, 0.05) is 48.3 Å². The van der Waals surface area contributed by atoms with Crippen molar-refractivity contribution in [2.24, 2.45) is 7.05 Å². The Labute approximate surface area is 168 Å². The number of aromatic nitrogens is 2. The van der Waals surface area contributed by atoms with Crippen LogP contribution in [0, 0.1) is 24.1 Å². The highest BCUT2D eigenvalue weighted by Crippen LogP contribution is 2.44. The summed E-state index contributed by atoms with van der Waals surface area (Å²) in [7, 11) is 1.38. The molecule has 0 saturated heterocycles. The zero-order valence-electron chi connectivity index (χ0n) is 15.6. The molecular formula is C20H16F4N4S. The summed E-state index contributed by atoms with van der Waals surface area (Å²) >= 11 is 1.36. The number of thiophene rings is 1. The highest BCUT2D eigenvalue weighted by atomic mass is 32.1. The maximum atomic E-state index is 14.9. The molecule has 3 aromatic rings. The Balaban J connectivity index is 1.96. The van der Waals surface area contributed by atoms with Crippen molar-refractivity contribution < 1.29 is 17.6 Å². The van der Waals surface area contributed by atoms with Gasteiger partial charge >= 0.3 is 6.18 Å². The van der Waals surface area contributed by atoms with E-state index in [0.29, 0.717) is 23.5 Å². The van der Waals surface area contributed by atoms with Crippen molar-refractivity contribution in [3.8, 4) is 17.2 Å². The molecule has 1 unspecified atom stereocenters. The van der Waals surface area contributed by atoms with Crippen molar-refractivity contribution in [1.29, 1.82) is 5.26 Å². The van der Waals surface area contributed by atoms with Crippen molar-refractivity contribution in [3.63, 3.8) is 0 Å². The molecule has 0 amide bonds. The third-order valence-electron chi connectivity index (χ3n) is 5.14. The Morgan fingerprint density at radius 1 is 1.34 bits per heavy atom. The largest absolute Gasteiger partial charge is 0.435 e. The van der Waals surface area contributed by atoms with Gasteiger partial charge in [-0.3, -0.25) is 4.68 Å². The molecule has 2 aromatic heterocycles. The topological polar surface area (TPSA) is 53.6 Å². The molecule has 1 aromatic carbocycles. The van der Waals surface area contributed by atoms with E-state index in [-0.39, 0.29) is 17.0 Å². The molecule has 4 rings (SSSR count). The van der Waals surface area contributed by atoms with Crippen LogP contribution in [-0.4, -0.2) is 16.3 Å². The van der Waals surface area contributed by atoms with Crippen molar-refractivity contribution in [3.05, 3.63) is 62.4 Å². The molecule has 1 aliphatic rings. The second kappa shape index (κ2) is 6.97. The fraction of sp³-hybridized carbons (Fsp3) is 0.300. The van der Waals surface area contributed by atoms with E-state index in [2.05, 4.69) is 16.5 Å². The number of nitrogens with one attached hydrogen (secondary N) is 1. The van der Waals surface area contributed by atoms with Crippen LogP contribution in [0.4, 0.5) is 17.6 Å². The summed E-state index contributed by atoms with van der Waals surface area (Å²) in [6.07, 6.45) is -3.51. The smallest absolute Gasteiger partial charge is 0.311 e. The van der Waals surface area contributed by atoms with Gasteiger partial charge in [0.15, 0.2) is 5.69 Å². The van der Waals surface area contributed by atoms with Gasteiger partial charge < -0.3 is 5.32 Å². The Bertz CT molecular complexity index is 1140. The summed E-state index contributed by atoms with van der Waals surface area (Å²) in [6, 6.07) is 6.47. The maximum absolute atomic E-state index is 14.9. The Morgan fingerprint density at radius 2 is 2.10 bits per heavy atom. The van der Waals surface area contributed by atoms with Gasteiger partial charge in [0.05, 0.1) is 0 Å². The van der Waals surface area contributed by atoms with Gasteiger partial charge in [0.25, 0.3) is 0 Å². The molecule has 0 fully saturated rings. The molecule has 0 saturated carbocycles. The average Bonchev–Trinajstić information content (AvgIpc) is 3.21. The lowest BCUT2D eigenvalue weighted by Gasteiger charge is -2.27. The van der Waals surface area contributed by atoms with Crippen LogP contribution in [0.2, 0.25) is 0 Å². The summed E-state index contributed by atoms with van der Waals surface area (Å²) in [5.74, 6) is -1.11. The predicted molar refractivity (Wildman–Crippen MR) is 101 cm³/mol. The summed E-state index contributed by atoms with van der Waals surface area (Å²) in [5.41, 5.74) is 0.647. The number of aryl methyl sites for hydroxylation is 1. The van der Waals surface area contributed by atoms with Crippen molar-refractivity contribution in [2.45, 2.75) is 25.6 Å². The fourth-order valence-electron chi connectivity index (χ4n) is 3.97.